The summed E-state index contributed by atoms with van der Waals surface area (Å²) in [5, 5.41) is 3.37. The second kappa shape index (κ2) is 6.23. The Morgan fingerprint density at radius 3 is 2.36 bits per heavy atom. The number of benzene rings is 3. The van der Waals surface area contributed by atoms with Crippen molar-refractivity contribution in [3.63, 3.8) is 0 Å². The lowest BCUT2D eigenvalue weighted by atomic mass is 10.1. The molecule has 0 spiro atoms. The van der Waals surface area contributed by atoms with Crippen LogP contribution in [-0.4, -0.2) is 20.9 Å². The first-order chi connectivity index (χ1) is 13.2. The van der Waals surface area contributed by atoms with Crippen molar-refractivity contribution in [2.24, 2.45) is 0 Å². The summed E-state index contributed by atoms with van der Waals surface area (Å²) in [6.07, 6.45) is -4.65. The average molecular weight is 406 g/mol. The van der Waals surface area contributed by atoms with Crippen molar-refractivity contribution < 1.29 is 26.4 Å². The number of amides is 1. The largest absolute Gasteiger partial charge is 0.418 e. The Hall–Kier alpha value is -3.07. The number of carbonyl (C=O) groups is 1. The maximum absolute atomic E-state index is 13.1. The van der Waals surface area contributed by atoms with Crippen LogP contribution in [0.15, 0.2) is 65.6 Å². The molecule has 1 aliphatic rings. The van der Waals surface area contributed by atoms with E-state index in [1.165, 1.54) is 18.2 Å². The molecule has 0 saturated heterocycles. The van der Waals surface area contributed by atoms with Crippen molar-refractivity contribution in [2.75, 3.05) is 16.2 Å². The fraction of sp³-hybridized carbons (Fsp3) is 0.105. The molecule has 0 aliphatic carbocycles. The minimum Gasteiger partial charge on any atom is -0.324 e. The van der Waals surface area contributed by atoms with Crippen LogP contribution >= 0.6 is 0 Å². The normalized spacial score (nSPS) is 15.0. The third kappa shape index (κ3) is 2.88. The van der Waals surface area contributed by atoms with Gasteiger partial charge in [0.25, 0.3) is 10.0 Å². The number of carbonyl (C=O) groups excluding carboxylic acids is 1. The highest BCUT2D eigenvalue weighted by molar-refractivity contribution is 7.93. The molecule has 0 saturated carbocycles. The number of nitrogens with one attached hydrogen (secondary N) is 1. The number of hydrogen-bond acceptors (Lipinski definition) is 3. The summed E-state index contributed by atoms with van der Waals surface area (Å²) in [6, 6.07) is 14.3. The Kier molecular flexibility index (Phi) is 4.07. The maximum Gasteiger partial charge on any atom is 0.418 e. The van der Waals surface area contributed by atoms with E-state index in [1.54, 1.807) is 30.3 Å². The molecule has 0 bridgehead atoms. The topological polar surface area (TPSA) is 66.5 Å². The van der Waals surface area contributed by atoms with Gasteiger partial charge in [-0.2, -0.15) is 13.2 Å². The minimum atomic E-state index is -4.65. The van der Waals surface area contributed by atoms with Crippen molar-refractivity contribution >= 4 is 38.1 Å². The smallest absolute Gasteiger partial charge is 0.324 e. The quantitative estimate of drug-likeness (QED) is 0.715. The average Bonchev–Trinajstić information content (AvgIpc) is 2.85. The van der Waals surface area contributed by atoms with Gasteiger partial charge < -0.3 is 5.32 Å². The van der Waals surface area contributed by atoms with Crippen molar-refractivity contribution in [1.82, 2.24) is 0 Å². The fourth-order valence-corrected chi connectivity index (χ4v) is 4.95. The summed E-state index contributed by atoms with van der Waals surface area (Å²) in [6.45, 7) is -0.637. The number of anilines is 2. The first-order valence-electron chi connectivity index (χ1n) is 8.20. The zero-order chi connectivity index (χ0) is 20.1. The van der Waals surface area contributed by atoms with Crippen LogP contribution in [0.4, 0.5) is 24.5 Å². The maximum atomic E-state index is 13.1. The molecule has 4 rings (SSSR count). The van der Waals surface area contributed by atoms with E-state index in [0.29, 0.717) is 16.5 Å². The van der Waals surface area contributed by atoms with Crippen LogP contribution in [0, 0.1) is 0 Å². The lowest BCUT2D eigenvalue weighted by Gasteiger charge is -2.19. The second-order valence-corrected chi connectivity index (χ2v) is 8.07. The Balaban J connectivity index is 1.66. The molecule has 1 amide bonds. The predicted molar refractivity (Wildman–Crippen MR) is 98.6 cm³/mol. The third-order valence-electron chi connectivity index (χ3n) is 4.47. The van der Waals surface area contributed by atoms with Crippen LogP contribution in [0.5, 0.6) is 0 Å². The SMILES string of the molecule is O=C(CN1c2cccc3cccc(c23)S1(=O)=O)Nc1ccccc1C(F)(F)F. The van der Waals surface area contributed by atoms with Gasteiger partial charge >= 0.3 is 6.18 Å². The van der Waals surface area contributed by atoms with Gasteiger partial charge in [0.05, 0.1) is 21.8 Å². The van der Waals surface area contributed by atoms with E-state index in [0.717, 1.165) is 16.4 Å². The van der Waals surface area contributed by atoms with Gasteiger partial charge in [-0.25, -0.2) is 8.42 Å². The molecular weight excluding hydrogens is 393 g/mol. The molecule has 0 fully saturated rings. The summed E-state index contributed by atoms with van der Waals surface area (Å²) in [4.78, 5) is 12.5. The Morgan fingerprint density at radius 1 is 0.964 bits per heavy atom. The molecule has 0 unspecified atom stereocenters. The number of halogens is 3. The fourth-order valence-electron chi connectivity index (χ4n) is 3.29. The molecule has 9 heteroatoms. The molecular formula is C19H13F3N2O3S. The summed E-state index contributed by atoms with van der Waals surface area (Å²) < 4.78 is 65.9. The van der Waals surface area contributed by atoms with Gasteiger partial charge in [-0.05, 0) is 29.7 Å². The zero-order valence-corrected chi connectivity index (χ0v) is 15.0. The van der Waals surface area contributed by atoms with Gasteiger partial charge in [-0.1, -0.05) is 36.4 Å². The number of sulfonamides is 1. The highest BCUT2D eigenvalue weighted by atomic mass is 32.2. The molecule has 1 heterocycles. The second-order valence-electron chi connectivity index (χ2n) is 6.23. The first kappa shape index (κ1) is 18.3. The van der Waals surface area contributed by atoms with Crippen molar-refractivity contribution in [1.29, 1.82) is 0 Å². The highest BCUT2D eigenvalue weighted by Gasteiger charge is 2.37. The molecule has 5 nitrogen and oxygen atoms in total. The van der Waals surface area contributed by atoms with E-state index in [-0.39, 0.29) is 4.90 Å². The van der Waals surface area contributed by atoms with Crippen molar-refractivity contribution in [3.8, 4) is 0 Å². The van der Waals surface area contributed by atoms with Gasteiger partial charge in [0.2, 0.25) is 5.91 Å². The molecule has 28 heavy (non-hydrogen) atoms. The zero-order valence-electron chi connectivity index (χ0n) is 14.2. The number of para-hydroxylation sites is 1. The molecule has 0 radical (unpaired) electrons. The van der Waals surface area contributed by atoms with Gasteiger partial charge in [-0.3, -0.25) is 9.10 Å². The van der Waals surface area contributed by atoms with Crippen LogP contribution in [0.1, 0.15) is 5.56 Å². The summed E-state index contributed by atoms with van der Waals surface area (Å²) in [5.41, 5.74) is -1.10. The van der Waals surface area contributed by atoms with E-state index in [9.17, 15) is 26.4 Å². The van der Waals surface area contributed by atoms with Crippen LogP contribution in [0.25, 0.3) is 10.8 Å². The number of nitrogens with zero attached hydrogens (tertiary/aromatic N) is 1. The van der Waals surface area contributed by atoms with Gasteiger partial charge in [-0.15, -0.1) is 0 Å². The van der Waals surface area contributed by atoms with E-state index in [4.69, 9.17) is 0 Å². The summed E-state index contributed by atoms with van der Waals surface area (Å²) >= 11 is 0. The molecule has 1 N–H and O–H groups in total. The Bertz CT molecular complexity index is 1200. The number of hydrogen-bond donors (Lipinski definition) is 1. The molecule has 3 aromatic carbocycles. The molecule has 3 aromatic rings. The monoisotopic (exact) mass is 406 g/mol. The highest BCUT2D eigenvalue weighted by Crippen LogP contribution is 2.42. The standard InChI is InChI=1S/C19H13F3N2O3S/c20-19(21,22)13-7-1-2-8-14(13)23-17(25)11-24-15-9-3-5-12-6-4-10-16(18(12)15)28(24,26)27/h1-10H,11H2,(H,23,25). The summed E-state index contributed by atoms with van der Waals surface area (Å²) in [7, 11) is -3.97. The van der Waals surface area contributed by atoms with Crippen LogP contribution in [0.2, 0.25) is 0 Å². The van der Waals surface area contributed by atoms with Gasteiger partial charge in [0.1, 0.15) is 6.54 Å². The predicted octanol–water partition coefficient (Wildman–Crippen LogP) is 4.01. The van der Waals surface area contributed by atoms with E-state index < -0.39 is 39.9 Å². The molecule has 144 valence electrons. The van der Waals surface area contributed by atoms with E-state index >= 15 is 0 Å². The van der Waals surface area contributed by atoms with Crippen LogP contribution in [0.3, 0.4) is 0 Å². The van der Waals surface area contributed by atoms with E-state index in [1.807, 2.05) is 0 Å². The van der Waals surface area contributed by atoms with Gasteiger partial charge in [0.15, 0.2) is 0 Å². The van der Waals surface area contributed by atoms with Crippen LogP contribution in [-0.2, 0) is 21.0 Å². The number of alkyl halides is 3. The van der Waals surface area contributed by atoms with Crippen molar-refractivity contribution in [2.45, 2.75) is 11.1 Å². The van der Waals surface area contributed by atoms with Crippen LogP contribution < -0.4 is 9.62 Å². The third-order valence-corrected chi connectivity index (χ3v) is 6.28. The Morgan fingerprint density at radius 2 is 1.64 bits per heavy atom. The lowest BCUT2D eigenvalue weighted by Crippen LogP contribution is -2.35. The first-order valence-corrected chi connectivity index (χ1v) is 9.64. The van der Waals surface area contributed by atoms with Crippen molar-refractivity contribution in [3.05, 3.63) is 66.2 Å². The molecule has 1 aliphatic heterocycles. The molecule has 0 aromatic heterocycles. The lowest BCUT2D eigenvalue weighted by molar-refractivity contribution is -0.137. The minimum absolute atomic E-state index is 0.0732. The summed E-state index contributed by atoms with van der Waals surface area (Å²) in [5.74, 6) is -0.870. The van der Waals surface area contributed by atoms with E-state index in [2.05, 4.69) is 5.32 Å². The Labute approximate surface area is 158 Å². The number of rotatable bonds is 3. The van der Waals surface area contributed by atoms with Gasteiger partial charge in [0, 0.05) is 5.39 Å². The molecule has 0 atom stereocenters.